The number of phenols is 1. The normalized spacial score (nSPS) is 16.5. The standard InChI is InChI=1S/C15H23BN2O6/c1-9(16(22)23)6-10-2-3-12(13(14(10)19)15(20)21)24-11-7-18(8-11)5-4-17/h2-3,9,11,19,22-23H,4-8,17H2,1H3,(H,20,21)/t9-/m0/s1. The summed E-state index contributed by atoms with van der Waals surface area (Å²) >= 11 is 0. The average Bonchev–Trinajstić information content (AvgIpc) is 2.47. The Labute approximate surface area is 140 Å². The molecule has 1 heterocycles. The molecule has 0 radical (unpaired) electrons. The molecule has 0 bridgehead atoms. The zero-order chi connectivity index (χ0) is 17.9. The lowest BCUT2D eigenvalue weighted by atomic mass is 9.71. The number of nitrogens with two attached hydrogens (primary N) is 1. The summed E-state index contributed by atoms with van der Waals surface area (Å²) in [7, 11) is -1.54. The maximum absolute atomic E-state index is 11.5. The summed E-state index contributed by atoms with van der Waals surface area (Å²) in [6.07, 6.45) is -0.00399. The monoisotopic (exact) mass is 338 g/mol. The highest BCUT2D eigenvalue weighted by Crippen LogP contribution is 2.35. The molecular weight excluding hydrogens is 315 g/mol. The molecule has 24 heavy (non-hydrogen) atoms. The Balaban J connectivity index is 2.15. The largest absolute Gasteiger partial charge is 0.507 e. The SMILES string of the molecule is C[C@@H](Cc1ccc(OC2CN(CCN)C2)c(C(=O)O)c1O)B(O)O. The molecule has 0 saturated carbocycles. The third kappa shape index (κ3) is 4.18. The molecule has 8 nitrogen and oxygen atoms in total. The van der Waals surface area contributed by atoms with Crippen molar-refractivity contribution in [3.8, 4) is 11.5 Å². The second-order valence-electron chi connectivity index (χ2n) is 6.13. The van der Waals surface area contributed by atoms with Crippen LogP contribution in [0.1, 0.15) is 22.8 Å². The van der Waals surface area contributed by atoms with Gasteiger partial charge in [-0.05, 0) is 23.9 Å². The minimum Gasteiger partial charge on any atom is -0.507 e. The molecule has 1 atom stereocenters. The van der Waals surface area contributed by atoms with E-state index in [4.69, 9.17) is 20.5 Å². The summed E-state index contributed by atoms with van der Waals surface area (Å²) in [4.78, 5) is 13.6. The molecule has 0 unspecified atom stereocenters. The third-order valence-electron chi connectivity index (χ3n) is 4.15. The van der Waals surface area contributed by atoms with E-state index in [1.165, 1.54) is 6.07 Å². The zero-order valence-corrected chi connectivity index (χ0v) is 13.6. The fourth-order valence-electron chi connectivity index (χ4n) is 2.68. The van der Waals surface area contributed by atoms with Crippen molar-refractivity contribution >= 4 is 13.1 Å². The molecular formula is C15H23BN2O6. The van der Waals surface area contributed by atoms with E-state index in [2.05, 4.69) is 4.90 Å². The molecule has 0 amide bonds. The molecule has 0 spiro atoms. The van der Waals surface area contributed by atoms with E-state index in [1.807, 2.05) is 0 Å². The van der Waals surface area contributed by atoms with Crippen molar-refractivity contribution in [3.05, 3.63) is 23.3 Å². The van der Waals surface area contributed by atoms with Crippen molar-refractivity contribution in [1.82, 2.24) is 4.90 Å². The Morgan fingerprint density at radius 2 is 2.12 bits per heavy atom. The Kier molecular flexibility index (Phi) is 6.06. The van der Waals surface area contributed by atoms with Gasteiger partial charge in [0.1, 0.15) is 23.2 Å². The minimum absolute atomic E-state index is 0.110. The molecule has 1 aliphatic heterocycles. The van der Waals surface area contributed by atoms with Crippen LogP contribution in [0.25, 0.3) is 0 Å². The summed E-state index contributed by atoms with van der Waals surface area (Å²) in [6.45, 7) is 4.23. The highest BCUT2D eigenvalue weighted by Gasteiger charge is 2.30. The first-order valence-electron chi connectivity index (χ1n) is 7.86. The summed E-state index contributed by atoms with van der Waals surface area (Å²) < 4.78 is 5.69. The van der Waals surface area contributed by atoms with Crippen molar-refractivity contribution < 1.29 is 29.8 Å². The predicted octanol–water partition coefficient (Wildman–Crippen LogP) is -0.482. The highest BCUT2D eigenvalue weighted by molar-refractivity contribution is 6.43. The Morgan fingerprint density at radius 3 is 2.67 bits per heavy atom. The van der Waals surface area contributed by atoms with Gasteiger partial charge in [-0.25, -0.2) is 4.79 Å². The number of carboxylic acids is 1. The van der Waals surface area contributed by atoms with Gasteiger partial charge < -0.3 is 30.7 Å². The first kappa shape index (κ1) is 18.5. The van der Waals surface area contributed by atoms with Gasteiger partial charge in [0, 0.05) is 26.2 Å². The van der Waals surface area contributed by atoms with E-state index in [0.29, 0.717) is 25.2 Å². The summed E-state index contributed by atoms with van der Waals surface area (Å²) in [6, 6.07) is 3.05. The summed E-state index contributed by atoms with van der Waals surface area (Å²) in [5, 5.41) is 38.0. The number of ether oxygens (including phenoxy) is 1. The molecule has 1 fully saturated rings. The van der Waals surface area contributed by atoms with Gasteiger partial charge in [-0.3, -0.25) is 4.90 Å². The third-order valence-corrected chi connectivity index (χ3v) is 4.15. The number of hydrogen-bond donors (Lipinski definition) is 5. The van der Waals surface area contributed by atoms with Gasteiger partial charge in [0.25, 0.3) is 0 Å². The van der Waals surface area contributed by atoms with Crippen LogP contribution < -0.4 is 10.5 Å². The van der Waals surface area contributed by atoms with E-state index >= 15 is 0 Å². The van der Waals surface area contributed by atoms with Gasteiger partial charge in [-0.15, -0.1) is 0 Å². The zero-order valence-electron chi connectivity index (χ0n) is 13.6. The topological polar surface area (TPSA) is 136 Å². The molecule has 2 rings (SSSR count). The van der Waals surface area contributed by atoms with Crippen LogP contribution in [-0.2, 0) is 6.42 Å². The van der Waals surface area contributed by atoms with Gasteiger partial charge in [0.15, 0.2) is 0 Å². The van der Waals surface area contributed by atoms with Crippen LogP contribution in [-0.4, -0.2) is 70.5 Å². The Morgan fingerprint density at radius 1 is 1.46 bits per heavy atom. The summed E-state index contributed by atoms with van der Waals surface area (Å²) in [5.41, 5.74) is 5.50. The van der Waals surface area contributed by atoms with Crippen LogP contribution in [0.2, 0.25) is 5.82 Å². The molecule has 0 aromatic heterocycles. The molecule has 6 N–H and O–H groups in total. The van der Waals surface area contributed by atoms with E-state index in [9.17, 15) is 15.0 Å². The van der Waals surface area contributed by atoms with E-state index in [1.54, 1.807) is 13.0 Å². The number of rotatable bonds is 8. The number of likely N-dealkylation sites (tertiary alicyclic amines) is 1. The van der Waals surface area contributed by atoms with Gasteiger partial charge in [-0.1, -0.05) is 13.0 Å². The number of carbonyl (C=O) groups is 1. The number of carboxylic acid groups (broad SMARTS) is 1. The van der Waals surface area contributed by atoms with Crippen molar-refractivity contribution in [3.63, 3.8) is 0 Å². The minimum atomic E-state index is -1.54. The molecule has 1 aromatic rings. The van der Waals surface area contributed by atoms with Crippen molar-refractivity contribution in [2.24, 2.45) is 5.73 Å². The van der Waals surface area contributed by atoms with Crippen molar-refractivity contribution in [1.29, 1.82) is 0 Å². The van der Waals surface area contributed by atoms with Crippen LogP contribution in [0.15, 0.2) is 12.1 Å². The van der Waals surface area contributed by atoms with Crippen LogP contribution in [0.3, 0.4) is 0 Å². The maximum atomic E-state index is 11.5. The smallest absolute Gasteiger partial charge is 0.454 e. The second-order valence-corrected chi connectivity index (χ2v) is 6.13. The van der Waals surface area contributed by atoms with Crippen LogP contribution in [0, 0.1) is 0 Å². The van der Waals surface area contributed by atoms with E-state index < -0.39 is 24.7 Å². The van der Waals surface area contributed by atoms with Crippen molar-refractivity contribution in [2.75, 3.05) is 26.2 Å². The number of benzene rings is 1. The van der Waals surface area contributed by atoms with E-state index in [-0.39, 0.29) is 23.8 Å². The summed E-state index contributed by atoms with van der Waals surface area (Å²) in [5.74, 6) is -2.12. The van der Waals surface area contributed by atoms with Crippen LogP contribution in [0.4, 0.5) is 0 Å². The average molecular weight is 338 g/mol. The van der Waals surface area contributed by atoms with E-state index in [0.717, 1.165) is 6.54 Å². The molecule has 9 heteroatoms. The van der Waals surface area contributed by atoms with Gasteiger partial charge in [0.2, 0.25) is 0 Å². The molecule has 0 aliphatic carbocycles. The molecule has 1 aromatic carbocycles. The lowest BCUT2D eigenvalue weighted by Crippen LogP contribution is -2.55. The second kappa shape index (κ2) is 7.84. The number of aromatic carboxylic acids is 1. The number of hydrogen-bond acceptors (Lipinski definition) is 7. The Bertz CT molecular complexity index is 592. The molecule has 132 valence electrons. The highest BCUT2D eigenvalue weighted by atomic mass is 16.5. The van der Waals surface area contributed by atoms with Crippen molar-refractivity contribution in [2.45, 2.75) is 25.3 Å². The first-order chi connectivity index (χ1) is 11.3. The first-order valence-corrected chi connectivity index (χ1v) is 7.86. The fourth-order valence-corrected chi connectivity index (χ4v) is 2.68. The number of aromatic hydroxyl groups is 1. The van der Waals surface area contributed by atoms with Gasteiger partial charge >= 0.3 is 13.1 Å². The molecule has 1 aliphatic rings. The predicted molar refractivity (Wildman–Crippen MR) is 88.3 cm³/mol. The van der Waals surface area contributed by atoms with Crippen LogP contribution >= 0.6 is 0 Å². The lowest BCUT2D eigenvalue weighted by molar-refractivity contribution is 0.0210. The van der Waals surface area contributed by atoms with Crippen LogP contribution in [0.5, 0.6) is 11.5 Å². The lowest BCUT2D eigenvalue weighted by Gasteiger charge is -2.39. The Hall–Kier alpha value is -1.81. The van der Waals surface area contributed by atoms with Gasteiger partial charge in [0.05, 0.1) is 0 Å². The quantitative estimate of drug-likeness (QED) is 0.401. The fraction of sp³-hybridized carbons (Fsp3) is 0.533. The number of nitrogens with zero attached hydrogens (tertiary/aromatic N) is 1. The molecule has 1 saturated heterocycles. The maximum Gasteiger partial charge on any atom is 0.454 e. The van der Waals surface area contributed by atoms with Gasteiger partial charge in [-0.2, -0.15) is 0 Å².